The SMILES string of the molecule is CC(=O)O.CCCC[Si](CCCC)(CSc1cc(C(C)(C)C)c(O)cc1C(C)(C)C)c1ccccc1. The van der Waals surface area contributed by atoms with E-state index in [9.17, 15) is 5.11 Å². The van der Waals surface area contributed by atoms with Crippen LogP contribution < -0.4 is 5.19 Å². The standard InChI is InChI=1S/C29H46OSSi.C2H4O2/c1-9-11-18-32(19-12-10-2,23-16-14-13-15-17-23)22-31-27-21-24(28(3,4)5)26(30)20-25(27)29(6,7)8;1-2(3)4/h13-17,20-21,30H,9-12,18-19,22H2,1-8H3;1H3,(H,3,4). The number of benzene rings is 2. The van der Waals surface area contributed by atoms with Crippen LogP contribution in [0.1, 0.15) is 99.1 Å². The maximum Gasteiger partial charge on any atom is 0.300 e. The van der Waals surface area contributed by atoms with Crippen molar-refractivity contribution in [3.05, 3.63) is 53.6 Å². The Labute approximate surface area is 226 Å². The van der Waals surface area contributed by atoms with E-state index in [-0.39, 0.29) is 10.8 Å². The van der Waals surface area contributed by atoms with Crippen LogP contribution in [0.5, 0.6) is 5.75 Å². The lowest BCUT2D eigenvalue weighted by Crippen LogP contribution is -2.50. The molecule has 0 aliphatic carbocycles. The molecule has 2 aromatic rings. The molecular formula is C31H50O3SSi. The van der Waals surface area contributed by atoms with Crippen molar-refractivity contribution < 1.29 is 15.0 Å². The summed E-state index contributed by atoms with van der Waals surface area (Å²) in [6, 6.07) is 18.5. The van der Waals surface area contributed by atoms with Gasteiger partial charge in [-0.3, -0.25) is 4.79 Å². The number of unbranched alkanes of at least 4 members (excludes halogenated alkanes) is 2. The maximum absolute atomic E-state index is 10.9. The molecule has 3 nitrogen and oxygen atoms in total. The highest BCUT2D eigenvalue weighted by molar-refractivity contribution is 8.01. The lowest BCUT2D eigenvalue weighted by molar-refractivity contribution is -0.134. The van der Waals surface area contributed by atoms with Crippen LogP contribution in [0.15, 0.2) is 47.4 Å². The van der Waals surface area contributed by atoms with Crippen molar-refractivity contribution in [3.63, 3.8) is 0 Å². The van der Waals surface area contributed by atoms with Gasteiger partial charge in [-0.25, -0.2) is 0 Å². The number of hydrogen-bond acceptors (Lipinski definition) is 3. The summed E-state index contributed by atoms with van der Waals surface area (Å²) >= 11 is 2.07. The molecule has 0 saturated carbocycles. The van der Waals surface area contributed by atoms with Crippen LogP contribution in [0.4, 0.5) is 0 Å². The predicted octanol–water partition coefficient (Wildman–Crippen LogP) is 8.67. The first-order valence-electron chi connectivity index (χ1n) is 13.4. The first-order chi connectivity index (χ1) is 16.7. The zero-order valence-corrected chi connectivity index (χ0v) is 26.0. The molecule has 5 heteroatoms. The highest BCUT2D eigenvalue weighted by Gasteiger charge is 2.35. The molecule has 0 amide bonds. The number of carboxylic acid groups (broad SMARTS) is 1. The van der Waals surface area contributed by atoms with Crippen molar-refractivity contribution in [1.82, 2.24) is 0 Å². The van der Waals surface area contributed by atoms with Crippen LogP contribution in [-0.2, 0) is 15.6 Å². The molecule has 0 aromatic heterocycles. The maximum atomic E-state index is 10.9. The first-order valence-corrected chi connectivity index (χ1v) is 17.0. The highest BCUT2D eigenvalue weighted by atomic mass is 32.2. The zero-order valence-electron chi connectivity index (χ0n) is 24.2. The normalized spacial score (nSPS) is 12.1. The topological polar surface area (TPSA) is 57.5 Å². The number of thioether (sulfide) groups is 1. The van der Waals surface area contributed by atoms with Gasteiger partial charge in [0.1, 0.15) is 5.75 Å². The van der Waals surface area contributed by atoms with Gasteiger partial charge >= 0.3 is 0 Å². The number of hydrogen-bond donors (Lipinski definition) is 2. The minimum absolute atomic E-state index is 0.0000269. The number of phenols is 1. The second kappa shape index (κ2) is 14.3. The number of aliphatic carboxylic acids is 1. The third-order valence-corrected chi connectivity index (χ3v) is 14.2. The average Bonchev–Trinajstić information content (AvgIpc) is 2.78. The second-order valence-corrected chi connectivity index (χ2v) is 18.0. The number of carbonyl (C=O) groups is 1. The van der Waals surface area contributed by atoms with Crippen molar-refractivity contribution >= 4 is 31.0 Å². The molecule has 0 heterocycles. The fourth-order valence-corrected chi connectivity index (χ4v) is 12.6. The van der Waals surface area contributed by atoms with Gasteiger partial charge in [0.15, 0.2) is 0 Å². The molecule has 202 valence electrons. The predicted molar refractivity (Wildman–Crippen MR) is 161 cm³/mol. The second-order valence-electron chi connectivity index (χ2n) is 12.0. The van der Waals surface area contributed by atoms with E-state index in [0.29, 0.717) is 5.75 Å². The Balaban J connectivity index is 0.00000150. The summed E-state index contributed by atoms with van der Waals surface area (Å²) in [6.07, 6.45) is 5.17. The van der Waals surface area contributed by atoms with Gasteiger partial charge in [0.2, 0.25) is 0 Å². The molecule has 0 fully saturated rings. The summed E-state index contributed by atoms with van der Waals surface area (Å²) in [7, 11) is -1.65. The fourth-order valence-electron chi connectivity index (χ4n) is 4.55. The molecule has 36 heavy (non-hydrogen) atoms. The first kappa shape index (κ1) is 32.3. The van der Waals surface area contributed by atoms with E-state index in [0.717, 1.165) is 12.5 Å². The van der Waals surface area contributed by atoms with Gasteiger partial charge in [-0.15, -0.1) is 11.8 Å². The van der Waals surface area contributed by atoms with Gasteiger partial charge in [-0.1, -0.05) is 129 Å². The summed E-state index contributed by atoms with van der Waals surface area (Å²) in [5.74, 6) is -0.393. The van der Waals surface area contributed by atoms with Crippen LogP contribution >= 0.6 is 11.8 Å². The monoisotopic (exact) mass is 530 g/mol. The lowest BCUT2D eigenvalue weighted by Gasteiger charge is -2.34. The summed E-state index contributed by atoms with van der Waals surface area (Å²) in [6.45, 7) is 19.1. The molecule has 0 atom stereocenters. The summed E-state index contributed by atoms with van der Waals surface area (Å²) in [5.41, 5.74) is 2.26. The van der Waals surface area contributed by atoms with Gasteiger partial charge in [-0.05, 0) is 33.9 Å². The van der Waals surface area contributed by atoms with E-state index >= 15 is 0 Å². The quantitative estimate of drug-likeness (QED) is 0.238. The number of phenolic OH excluding ortho intramolecular Hbond substituents is 1. The summed E-state index contributed by atoms with van der Waals surface area (Å²) < 4.78 is 0. The largest absolute Gasteiger partial charge is 0.508 e. The van der Waals surface area contributed by atoms with Crippen molar-refractivity contribution in [2.45, 2.75) is 116 Å². The Morgan fingerprint density at radius 3 is 1.75 bits per heavy atom. The van der Waals surface area contributed by atoms with E-state index in [1.165, 1.54) is 53.6 Å². The van der Waals surface area contributed by atoms with Gasteiger partial charge in [-0.2, -0.15) is 0 Å². The highest BCUT2D eigenvalue weighted by Crippen LogP contribution is 2.42. The number of carboxylic acids is 1. The van der Waals surface area contributed by atoms with E-state index in [4.69, 9.17) is 9.90 Å². The Kier molecular flexibility index (Phi) is 12.8. The van der Waals surface area contributed by atoms with Crippen LogP contribution in [0.25, 0.3) is 0 Å². The van der Waals surface area contributed by atoms with E-state index in [1.807, 2.05) is 6.07 Å². The fraction of sp³-hybridized carbons (Fsp3) is 0.581. The van der Waals surface area contributed by atoms with Crippen LogP contribution in [0.3, 0.4) is 0 Å². The van der Waals surface area contributed by atoms with Crippen molar-refractivity contribution in [3.8, 4) is 5.75 Å². The van der Waals surface area contributed by atoms with E-state index in [1.54, 1.807) is 5.19 Å². The third kappa shape index (κ3) is 9.97. The molecule has 0 bridgehead atoms. The zero-order chi connectivity index (χ0) is 27.6. The lowest BCUT2D eigenvalue weighted by atomic mass is 9.81. The molecule has 2 aromatic carbocycles. The number of rotatable bonds is 10. The smallest absolute Gasteiger partial charge is 0.300 e. The molecule has 2 rings (SSSR count). The third-order valence-electron chi connectivity index (χ3n) is 6.62. The Morgan fingerprint density at radius 2 is 1.33 bits per heavy atom. The molecule has 0 radical (unpaired) electrons. The summed E-state index contributed by atoms with van der Waals surface area (Å²) in [5, 5.41) is 21.1. The minimum atomic E-state index is -1.65. The minimum Gasteiger partial charge on any atom is -0.508 e. The average molecular weight is 531 g/mol. The van der Waals surface area contributed by atoms with E-state index < -0.39 is 14.0 Å². The van der Waals surface area contributed by atoms with Gasteiger partial charge in [0.25, 0.3) is 5.97 Å². The molecule has 0 saturated heterocycles. The van der Waals surface area contributed by atoms with Crippen LogP contribution in [0, 0.1) is 0 Å². The van der Waals surface area contributed by atoms with Gasteiger partial charge in [0.05, 0.1) is 8.07 Å². The Bertz CT molecular complexity index is 931. The number of aromatic hydroxyl groups is 1. The molecular weight excluding hydrogens is 480 g/mol. The molecule has 0 aliphatic heterocycles. The van der Waals surface area contributed by atoms with Gasteiger partial charge in [0, 0.05) is 17.4 Å². The molecule has 2 N–H and O–H groups in total. The van der Waals surface area contributed by atoms with Crippen LogP contribution in [0.2, 0.25) is 12.1 Å². The van der Waals surface area contributed by atoms with Gasteiger partial charge < -0.3 is 10.2 Å². The Morgan fingerprint density at radius 1 is 0.861 bits per heavy atom. The van der Waals surface area contributed by atoms with Crippen molar-refractivity contribution in [1.29, 1.82) is 0 Å². The summed E-state index contributed by atoms with van der Waals surface area (Å²) in [4.78, 5) is 10.4. The van der Waals surface area contributed by atoms with E-state index in [2.05, 4.69) is 104 Å². The van der Waals surface area contributed by atoms with Crippen molar-refractivity contribution in [2.75, 3.05) is 5.38 Å². The molecule has 0 aliphatic rings. The molecule has 0 spiro atoms. The Hall–Kier alpha value is -1.72. The molecule has 0 unspecified atom stereocenters. The van der Waals surface area contributed by atoms with Crippen LogP contribution in [-0.4, -0.2) is 29.6 Å². The van der Waals surface area contributed by atoms with Crippen molar-refractivity contribution in [2.24, 2.45) is 0 Å².